The molecule has 1 aliphatic rings. The van der Waals surface area contributed by atoms with Gasteiger partial charge in [-0.15, -0.1) is 0 Å². The molecule has 1 aromatic carbocycles. The summed E-state index contributed by atoms with van der Waals surface area (Å²) >= 11 is 0. The van der Waals surface area contributed by atoms with Crippen LogP contribution in [-0.2, 0) is 19.1 Å². The third-order valence-electron chi connectivity index (χ3n) is 4.45. The van der Waals surface area contributed by atoms with Gasteiger partial charge in [0.15, 0.2) is 11.5 Å². The van der Waals surface area contributed by atoms with Crippen LogP contribution in [0.4, 0.5) is 0 Å². The molecule has 146 valence electrons. The topological polar surface area (TPSA) is 94.4 Å². The van der Waals surface area contributed by atoms with E-state index in [0.29, 0.717) is 17.0 Å². The van der Waals surface area contributed by atoms with E-state index in [1.165, 1.54) is 7.11 Å². The third-order valence-corrected chi connectivity index (χ3v) is 4.45. The molecular weight excluding hydrogens is 350 g/mol. The maximum atomic E-state index is 12.7. The Morgan fingerprint density at radius 1 is 1.15 bits per heavy atom. The van der Waals surface area contributed by atoms with Crippen LogP contribution in [-0.4, -0.2) is 43.1 Å². The summed E-state index contributed by atoms with van der Waals surface area (Å²) < 4.78 is 15.6. The number of methoxy groups -OCH3 is 1. The number of hydrogen-bond donors (Lipinski definition) is 1. The Labute approximate surface area is 158 Å². The van der Waals surface area contributed by atoms with E-state index in [1.54, 1.807) is 45.9 Å². The van der Waals surface area contributed by atoms with Crippen LogP contribution in [0.2, 0.25) is 0 Å². The van der Waals surface area contributed by atoms with Crippen molar-refractivity contribution in [2.24, 2.45) is 10.9 Å². The number of para-hydroxylation sites is 1. The van der Waals surface area contributed by atoms with Crippen LogP contribution >= 0.6 is 0 Å². The number of carbonyl (C=O) groups is 2. The molecule has 2 rings (SSSR count). The lowest BCUT2D eigenvalue weighted by Gasteiger charge is -2.32. The van der Waals surface area contributed by atoms with Gasteiger partial charge in [0.2, 0.25) is 0 Å². The first-order chi connectivity index (χ1) is 12.9. The van der Waals surface area contributed by atoms with E-state index in [9.17, 15) is 14.7 Å². The molecule has 7 nitrogen and oxygen atoms in total. The van der Waals surface area contributed by atoms with Crippen LogP contribution in [0.1, 0.15) is 39.2 Å². The summed E-state index contributed by atoms with van der Waals surface area (Å²) in [5.74, 6) is -2.63. The Balaban J connectivity index is 2.71. The van der Waals surface area contributed by atoms with Gasteiger partial charge in [-0.25, -0.2) is 4.79 Å². The zero-order chi connectivity index (χ0) is 20.1. The molecule has 0 spiro atoms. The summed E-state index contributed by atoms with van der Waals surface area (Å²) in [4.78, 5) is 29.8. The van der Waals surface area contributed by atoms with Crippen LogP contribution in [0.5, 0.6) is 11.5 Å². The molecule has 0 radical (unpaired) electrons. The lowest BCUT2D eigenvalue weighted by Crippen LogP contribution is -2.36. The zero-order valence-electron chi connectivity index (χ0n) is 16.2. The van der Waals surface area contributed by atoms with Crippen LogP contribution in [0.15, 0.2) is 34.5 Å². The Morgan fingerprint density at radius 3 is 2.41 bits per heavy atom. The fraction of sp³-hybridized carbons (Fsp3) is 0.450. The summed E-state index contributed by atoms with van der Waals surface area (Å²) in [6.07, 6.45) is 0. The van der Waals surface area contributed by atoms with Gasteiger partial charge in [0.25, 0.3) is 0 Å². The van der Waals surface area contributed by atoms with Gasteiger partial charge < -0.3 is 19.3 Å². The lowest BCUT2D eigenvalue weighted by atomic mass is 9.75. The molecule has 1 N–H and O–H groups in total. The van der Waals surface area contributed by atoms with Crippen molar-refractivity contribution >= 4 is 17.7 Å². The van der Waals surface area contributed by atoms with E-state index in [4.69, 9.17) is 14.2 Å². The Hall–Kier alpha value is -2.83. The van der Waals surface area contributed by atoms with Crippen molar-refractivity contribution in [3.63, 3.8) is 0 Å². The molecule has 7 heteroatoms. The first kappa shape index (κ1) is 20.5. The molecule has 1 unspecified atom stereocenters. The minimum atomic E-state index is -0.855. The molecule has 1 aromatic rings. The average molecular weight is 375 g/mol. The molecule has 0 aliphatic carbocycles. The summed E-state index contributed by atoms with van der Waals surface area (Å²) in [6.45, 7) is 7.17. The molecule has 0 aromatic heterocycles. The largest absolute Gasteiger partial charge is 0.504 e. The minimum Gasteiger partial charge on any atom is -0.504 e. The molecule has 0 bridgehead atoms. The predicted molar refractivity (Wildman–Crippen MR) is 100.0 cm³/mol. The standard InChI is InChI=1S/C20H25NO6/c1-6-26-19(23)15-11(3)21-12(4)16(20(24)27-7-2)17(15)13-9-8-10-14(25-5)18(13)22/h8-10,15,17,22H,6-7H2,1-5H3/t15?,17-/m1/s1. The van der Waals surface area contributed by atoms with Gasteiger partial charge >= 0.3 is 11.9 Å². The number of phenolic OH excluding ortho intramolecular Hbond substituents is 1. The normalized spacial score (nSPS) is 19.4. The fourth-order valence-electron chi connectivity index (χ4n) is 3.34. The molecule has 2 atom stereocenters. The average Bonchev–Trinajstić information content (AvgIpc) is 2.61. The predicted octanol–water partition coefficient (Wildman–Crippen LogP) is 2.98. The van der Waals surface area contributed by atoms with Gasteiger partial charge in [-0.2, -0.15) is 0 Å². The number of benzene rings is 1. The van der Waals surface area contributed by atoms with Crippen LogP contribution in [0, 0.1) is 5.92 Å². The Bertz CT molecular complexity index is 796. The minimum absolute atomic E-state index is 0.136. The highest BCUT2D eigenvalue weighted by Crippen LogP contribution is 2.45. The molecule has 0 saturated carbocycles. The number of rotatable bonds is 6. The van der Waals surface area contributed by atoms with Gasteiger partial charge in [0.1, 0.15) is 5.92 Å². The van der Waals surface area contributed by atoms with Crippen LogP contribution in [0.3, 0.4) is 0 Å². The summed E-state index contributed by atoms with van der Waals surface area (Å²) in [5.41, 5.74) is 1.55. The SMILES string of the molecule is CCOC(=O)C1=C(C)N=C(C)C(C(=O)OCC)[C@H]1c1cccc(OC)c1O. The van der Waals surface area contributed by atoms with Crippen LogP contribution < -0.4 is 4.74 Å². The number of hydrogen-bond acceptors (Lipinski definition) is 7. The van der Waals surface area contributed by atoms with Crippen molar-refractivity contribution < 1.29 is 28.9 Å². The summed E-state index contributed by atoms with van der Waals surface area (Å²) in [5, 5.41) is 10.7. The number of carbonyl (C=O) groups excluding carboxylic acids is 2. The van der Waals surface area contributed by atoms with Crippen molar-refractivity contribution in [2.75, 3.05) is 20.3 Å². The second-order valence-corrected chi connectivity index (χ2v) is 6.08. The highest BCUT2D eigenvalue weighted by atomic mass is 16.5. The number of aliphatic imine (C=N–C) groups is 1. The van der Waals surface area contributed by atoms with Crippen molar-refractivity contribution in [3.05, 3.63) is 35.0 Å². The van der Waals surface area contributed by atoms with Gasteiger partial charge in [0.05, 0.1) is 25.9 Å². The van der Waals surface area contributed by atoms with E-state index in [-0.39, 0.29) is 30.3 Å². The first-order valence-corrected chi connectivity index (χ1v) is 8.82. The Kier molecular flexibility index (Phi) is 6.60. The number of phenols is 1. The van der Waals surface area contributed by atoms with Gasteiger partial charge in [-0.3, -0.25) is 9.79 Å². The number of allylic oxidation sites excluding steroid dienone is 1. The van der Waals surface area contributed by atoms with E-state index in [0.717, 1.165) is 0 Å². The second kappa shape index (κ2) is 8.70. The van der Waals surface area contributed by atoms with Crippen molar-refractivity contribution in [3.8, 4) is 11.5 Å². The molecular formula is C20H25NO6. The lowest BCUT2D eigenvalue weighted by molar-refractivity contribution is -0.146. The molecule has 0 amide bonds. The maximum absolute atomic E-state index is 12.7. The smallest absolute Gasteiger partial charge is 0.336 e. The fourth-order valence-corrected chi connectivity index (χ4v) is 3.34. The van der Waals surface area contributed by atoms with E-state index in [2.05, 4.69) is 4.99 Å². The zero-order valence-corrected chi connectivity index (χ0v) is 16.2. The highest BCUT2D eigenvalue weighted by Gasteiger charge is 2.43. The first-order valence-electron chi connectivity index (χ1n) is 8.82. The summed E-state index contributed by atoms with van der Waals surface area (Å²) in [7, 11) is 1.43. The van der Waals surface area contributed by atoms with E-state index >= 15 is 0 Å². The van der Waals surface area contributed by atoms with Crippen molar-refractivity contribution in [1.82, 2.24) is 0 Å². The van der Waals surface area contributed by atoms with Crippen molar-refractivity contribution in [2.45, 2.75) is 33.6 Å². The second-order valence-electron chi connectivity index (χ2n) is 6.08. The highest BCUT2D eigenvalue weighted by molar-refractivity contribution is 6.07. The molecule has 0 saturated heterocycles. The van der Waals surface area contributed by atoms with Gasteiger partial charge in [-0.1, -0.05) is 12.1 Å². The monoisotopic (exact) mass is 375 g/mol. The van der Waals surface area contributed by atoms with Crippen LogP contribution in [0.25, 0.3) is 0 Å². The quantitative estimate of drug-likeness (QED) is 0.768. The van der Waals surface area contributed by atoms with E-state index < -0.39 is 23.8 Å². The number of ether oxygens (including phenoxy) is 3. The maximum Gasteiger partial charge on any atom is 0.336 e. The molecule has 27 heavy (non-hydrogen) atoms. The number of nitrogens with zero attached hydrogens (tertiary/aromatic N) is 1. The molecule has 1 aliphatic heterocycles. The third kappa shape index (κ3) is 3.97. The molecule has 1 heterocycles. The Morgan fingerprint density at radius 2 is 1.81 bits per heavy atom. The summed E-state index contributed by atoms with van der Waals surface area (Å²) in [6, 6.07) is 4.94. The van der Waals surface area contributed by atoms with E-state index in [1.807, 2.05) is 0 Å². The molecule has 0 fully saturated rings. The number of aromatic hydroxyl groups is 1. The van der Waals surface area contributed by atoms with Gasteiger partial charge in [0, 0.05) is 22.9 Å². The number of esters is 2. The van der Waals surface area contributed by atoms with Crippen molar-refractivity contribution in [1.29, 1.82) is 0 Å². The van der Waals surface area contributed by atoms with Gasteiger partial charge in [-0.05, 0) is 33.8 Å².